The van der Waals surface area contributed by atoms with Gasteiger partial charge in [0.25, 0.3) is 0 Å². The Morgan fingerprint density at radius 2 is 1.79 bits per heavy atom. The summed E-state index contributed by atoms with van der Waals surface area (Å²) in [5, 5.41) is 0. The lowest BCUT2D eigenvalue weighted by atomic mass is 9.88. The summed E-state index contributed by atoms with van der Waals surface area (Å²) in [6, 6.07) is 4.26. The third-order valence-corrected chi connectivity index (χ3v) is 3.01. The van der Waals surface area contributed by atoms with E-state index in [2.05, 4.69) is 42.8 Å². The Hall–Kier alpha value is -0.890. The first-order valence-electron chi connectivity index (χ1n) is 5.22. The first-order chi connectivity index (χ1) is 6.57. The van der Waals surface area contributed by atoms with Gasteiger partial charge in [-0.15, -0.1) is 0 Å². The summed E-state index contributed by atoms with van der Waals surface area (Å²) in [5.74, 6) is 0.720. The third-order valence-electron chi connectivity index (χ3n) is 3.01. The third kappa shape index (κ3) is 1.80. The van der Waals surface area contributed by atoms with Crippen LogP contribution in [0.1, 0.15) is 32.3 Å². The summed E-state index contributed by atoms with van der Waals surface area (Å²) in [7, 11) is 0. The fraction of sp³-hybridized carbons (Fsp3) is 0.583. The van der Waals surface area contributed by atoms with E-state index in [1.807, 2.05) is 12.4 Å². The van der Waals surface area contributed by atoms with E-state index in [0.29, 0.717) is 5.54 Å². The van der Waals surface area contributed by atoms with Crippen molar-refractivity contribution in [3.8, 4) is 0 Å². The molecule has 0 bridgehead atoms. The molecule has 0 saturated carbocycles. The molecule has 0 spiro atoms. The summed E-state index contributed by atoms with van der Waals surface area (Å²) in [6.07, 6.45) is 3.77. The van der Waals surface area contributed by atoms with Gasteiger partial charge in [-0.1, -0.05) is 0 Å². The molecule has 0 amide bonds. The average Bonchev–Trinajstić information content (AvgIpc) is 2.00. The first-order valence-corrected chi connectivity index (χ1v) is 5.22. The molecule has 2 rings (SSSR count). The van der Waals surface area contributed by atoms with Crippen LogP contribution >= 0.6 is 0 Å². The van der Waals surface area contributed by atoms with E-state index < -0.39 is 0 Å². The molecule has 2 nitrogen and oxygen atoms in total. The van der Waals surface area contributed by atoms with Gasteiger partial charge in [0.05, 0.1) is 0 Å². The van der Waals surface area contributed by atoms with Gasteiger partial charge in [-0.25, -0.2) is 0 Å². The minimum Gasteiger partial charge on any atom is -0.297 e. The molecule has 1 saturated heterocycles. The lowest BCUT2D eigenvalue weighted by Gasteiger charge is -2.48. The van der Waals surface area contributed by atoms with Gasteiger partial charge < -0.3 is 0 Å². The molecule has 0 radical (unpaired) electrons. The Morgan fingerprint density at radius 3 is 2.29 bits per heavy atom. The molecular weight excluding hydrogens is 172 g/mol. The van der Waals surface area contributed by atoms with Crippen LogP contribution in [0.3, 0.4) is 0 Å². The molecule has 1 aromatic heterocycles. The van der Waals surface area contributed by atoms with E-state index >= 15 is 0 Å². The van der Waals surface area contributed by atoms with E-state index in [1.54, 1.807) is 0 Å². The van der Waals surface area contributed by atoms with Gasteiger partial charge in [-0.2, -0.15) is 0 Å². The second kappa shape index (κ2) is 3.35. The molecule has 1 aliphatic rings. The molecule has 2 heterocycles. The number of pyridine rings is 1. The van der Waals surface area contributed by atoms with Crippen molar-refractivity contribution in [3.05, 3.63) is 30.1 Å². The van der Waals surface area contributed by atoms with E-state index in [4.69, 9.17) is 0 Å². The summed E-state index contributed by atoms with van der Waals surface area (Å²) < 4.78 is 0. The van der Waals surface area contributed by atoms with Crippen LogP contribution in [0.4, 0.5) is 0 Å². The van der Waals surface area contributed by atoms with Crippen LogP contribution in [0.25, 0.3) is 0 Å². The van der Waals surface area contributed by atoms with E-state index in [9.17, 15) is 0 Å². The lowest BCUT2D eigenvalue weighted by molar-refractivity contribution is 0.0470. The summed E-state index contributed by atoms with van der Waals surface area (Å²) in [5.41, 5.74) is 1.75. The Kier molecular flexibility index (Phi) is 2.31. The Morgan fingerprint density at radius 1 is 1.21 bits per heavy atom. The fourth-order valence-corrected chi connectivity index (χ4v) is 1.87. The molecular formula is C12H18N2. The molecule has 2 heteroatoms. The van der Waals surface area contributed by atoms with Gasteiger partial charge in [-0.05, 0) is 38.5 Å². The van der Waals surface area contributed by atoms with Crippen LogP contribution in [0.2, 0.25) is 0 Å². The highest BCUT2D eigenvalue weighted by Gasteiger charge is 2.34. The molecule has 14 heavy (non-hydrogen) atoms. The largest absolute Gasteiger partial charge is 0.297 e. The second-order valence-electron chi connectivity index (χ2n) is 5.05. The van der Waals surface area contributed by atoms with Gasteiger partial charge in [0.1, 0.15) is 0 Å². The maximum atomic E-state index is 4.04. The summed E-state index contributed by atoms with van der Waals surface area (Å²) >= 11 is 0. The van der Waals surface area contributed by atoms with Crippen molar-refractivity contribution in [2.75, 3.05) is 13.1 Å². The lowest BCUT2D eigenvalue weighted by Crippen LogP contribution is -2.54. The maximum Gasteiger partial charge on any atom is 0.0270 e. The van der Waals surface area contributed by atoms with Crippen LogP contribution in [0.15, 0.2) is 24.5 Å². The van der Waals surface area contributed by atoms with Crippen molar-refractivity contribution in [1.82, 2.24) is 9.88 Å². The molecule has 0 atom stereocenters. The predicted octanol–water partition coefficient (Wildman–Crippen LogP) is 2.28. The monoisotopic (exact) mass is 190 g/mol. The summed E-state index contributed by atoms with van der Waals surface area (Å²) in [6.45, 7) is 9.20. The smallest absolute Gasteiger partial charge is 0.0270 e. The molecule has 0 aromatic carbocycles. The quantitative estimate of drug-likeness (QED) is 0.675. The van der Waals surface area contributed by atoms with Crippen molar-refractivity contribution in [2.45, 2.75) is 32.2 Å². The van der Waals surface area contributed by atoms with Crippen molar-refractivity contribution in [2.24, 2.45) is 0 Å². The maximum absolute atomic E-state index is 4.04. The van der Waals surface area contributed by atoms with E-state index in [0.717, 1.165) is 5.92 Å². The standard InChI is InChI=1S/C12H18N2/c1-12(2,3)14-8-11(9-14)10-4-6-13-7-5-10/h4-7,11H,8-9H2,1-3H3. The number of hydrogen-bond acceptors (Lipinski definition) is 2. The van der Waals surface area contributed by atoms with Crippen molar-refractivity contribution in [1.29, 1.82) is 0 Å². The zero-order valence-corrected chi connectivity index (χ0v) is 9.20. The number of likely N-dealkylation sites (tertiary alicyclic amines) is 1. The van der Waals surface area contributed by atoms with Gasteiger partial charge in [-0.3, -0.25) is 9.88 Å². The van der Waals surface area contributed by atoms with E-state index in [1.165, 1.54) is 18.7 Å². The number of aromatic nitrogens is 1. The topological polar surface area (TPSA) is 16.1 Å². The molecule has 1 aromatic rings. The second-order valence-corrected chi connectivity index (χ2v) is 5.05. The Labute approximate surface area is 86.0 Å². The highest BCUT2D eigenvalue weighted by atomic mass is 15.2. The Balaban J connectivity index is 1.96. The van der Waals surface area contributed by atoms with Crippen LogP contribution in [-0.2, 0) is 0 Å². The summed E-state index contributed by atoms with van der Waals surface area (Å²) in [4.78, 5) is 6.55. The van der Waals surface area contributed by atoms with Gasteiger partial charge in [0, 0.05) is 36.9 Å². The minimum atomic E-state index is 0.323. The SMILES string of the molecule is CC(C)(C)N1CC(c2ccncc2)C1. The number of rotatable bonds is 1. The highest BCUT2D eigenvalue weighted by Crippen LogP contribution is 2.31. The highest BCUT2D eigenvalue weighted by molar-refractivity contribution is 5.20. The van der Waals surface area contributed by atoms with Gasteiger partial charge in [0.2, 0.25) is 0 Å². The van der Waals surface area contributed by atoms with Gasteiger partial charge >= 0.3 is 0 Å². The van der Waals surface area contributed by atoms with Gasteiger partial charge in [0.15, 0.2) is 0 Å². The first kappa shape index (κ1) is 9.66. The predicted molar refractivity (Wildman–Crippen MR) is 58.3 cm³/mol. The normalized spacial score (nSPS) is 19.4. The number of nitrogens with zero attached hydrogens (tertiary/aromatic N) is 2. The molecule has 76 valence electrons. The molecule has 0 aliphatic carbocycles. The number of hydrogen-bond donors (Lipinski definition) is 0. The van der Waals surface area contributed by atoms with Crippen molar-refractivity contribution in [3.63, 3.8) is 0 Å². The van der Waals surface area contributed by atoms with Crippen molar-refractivity contribution >= 4 is 0 Å². The average molecular weight is 190 g/mol. The van der Waals surface area contributed by atoms with Crippen molar-refractivity contribution < 1.29 is 0 Å². The molecule has 0 unspecified atom stereocenters. The van der Waals surface area contributed by atoms with E-state index in [-0.39, 0.29) is 0 Å². The van der Waals surface area contributed by atoms with Crippen LogP contribution in [0, 0.1) is 0 Å². The molecule has 1 fully saturated rings. The zero-order chi connectivity index (χ0) is 10.2. The Bertz CT molecular complexity index is 294. The molecule has 0 N–H and O–H groups in total. The minimum absolute atomic E-state index is 0.323. The zero-order valence-electron chi connectivity index (χ0n) is 9.20. The van der Waals surface area contributed by atoms with Crippen LogP contribution in [-0.4, -0.2) is 28.5 Å². The molecule has 1 aliphatic heterocycles. The van der Waals surface area contributed by atoms with Crippen LogP contribution in [0.5, 0.6) is 0 Å². The fourth-order valence-electron chi connectivity index (χ4n) is 1.87. The van der Waals surface area contributed by atoms with Crippen LogP contribution < -0.4 is 0 Å².